The van der Waals surface area contributed by atoms with E-state index in [-0.39, 0.29) is 0 Å². The first-order valence-electron chi connectivity index (χ1n) is 8.94. The summed E-state index contributed by atoms with van der Waals surface area (Å²) in [6.07, 6.45) is 9.30. The second-order valence-corrected chi connectivity index (χ2v) is 6.70. The third-order valence-corrected chi connectivity index (χ3v) is 5.21. The van der Waals surface area contributed by atoms with Gasteiger partial charge in [0.1, 0.15) is 0 Å². The van der Waals surface area contributed by atoms with Crippen molar-refractivity contribution >= 4 is 0 Å². The average molecular weight is 286 g/mol. The monoisotopic (exact) mass is 286 g/mol. The number of aryl methyl sites for hydroxylation is 1. The summed E-state index contributed by atoms with van der Waals surface area (Å²) < 4.78 is 0. The topological polar surface area (TPSA) is 15.3 Å². The van der Waals surface area contributed by atoms with E-state index >= 15 is 0 Å². The highest BCUT2D eigenvalue weighted by molar-refractivity contribution is 5.31. The minimum atomic E-state index is 0.647. The molecule has 0 aromatic heterocycles. The van der Waals surface area contributed by atoms with Crippen molar-refractivity contribution in [3.05, 3.63) is 35.4 Å². The van der Waals surface area contributed by atoms with E-state index in [1.807, 2.05) is 0 Å². The van der Waals surface area contributed by atoms with Crippen molar-refractivity contribution in [2.24, 2.45) is 0 Å². The van der Waals surface area contributed by atoms with Crippen LogP contribution in [0.25, 0.3) is 0 Å². The zero-order chi connectivity index (χ0) is 14.5. The summed E-state index contributed by atoms with van der Waals surface area (Å²) in [7, 11) is 0. The van der Waals surface area contributed by atoms with Gasteiger partial charge in [-0.15, -0.1) is 0 Å². The van der Waals surface area contributed by atoms with Crippen molar-refractivity contribution in [3.8, 4) is 0 Å². The van der Waals surface area contributed by atoms with Gasteiger partial charge in [-0.3, -0.25) is 4.90 Å². The van der Waals surface area contributed by atoms with E-state index in [0.29, 0.717) is 6.04 Å². The van der Waals surface area contributed by atoms with Crippen LogP contribution in [0.15, 0.2) is 24.3 Å². The van der Waals surface area contributed by atoms with Crippen LogP contribution in [0.4, 0.5) is 0 Å². The number of fused-ring (bicyclic) bond motifs is 1. The molecule has 1 fully saturated rings. The number of nitrogens with one attached hydrogen (secondary N) is 1. The van der Waals surface area contributed by atoms with Crippen LogP contribution in [0.2, 0.25) is 0 Å². The Morgan fingerprint density at radius 3 is 2.86 bits per heavy atom. The second-order valence-electron chi connectivity index (χ2n) is 6.70. The second kappa shape index (κ2) is 7.42. The molecule has 0 amide bonds. The summed E-state index contributed by atoms with van der Waals surface area (Å²) >= 11 is 0. The minimum absolute atomic E-state index is 0.647. The van der Waals surface area contributed by atoms with Gasteiger partial charge < -0.3 is 5.32 Å². The molecule has 1 aromatic carbocycles. The molecule has 21 heavy (non-hydrogen) atoms. The molecule has 0 bridgehead atoms. The Labute approximate surface area is 129 Å². The van der Waals surface area contributed by atoms with Gasteiger partial charge in [0.15, 0.2) is 0 Å². The molecule has 1 aliphatic carbocycles. The summed E-state index contributed by atoms with van der Waals surface area (Å²) in [5, 5.41) is 3.61. The molecule has 0 spiro atoms. The van der Waals surface area contributed by atoms with Crippen molar-refractivity contribution < 1.29 is 0 Å². The number of benzene rings is 1. The van der Waals surface area contributed by atoms with Crippen LogP contribution in [0.1, 0.15) is 62.6 Å². The van der Waals surface area contributed by atoms with Crippen molar-refractivity contribution in [1.29, 1.82) is 0 Å². The molecule has 1 saturated heterocycles. The van der Waals surface area contributed by atoms with Crippen molar-refractivity contribution in [2.45, 2.75) is 64.0 Å². The average Bonchev–Trinajstić information content (AvgIpc) is 2.76. The predicted molar refractivity (Wildman–Crippen MR) is 89.6 cm³/mol. The Hall–Kier alpha value is -0.860. The fourth-order valence-corrected chi connectivity index (χ4v) is 4.21. The number of piperidine rings is 1. The Morgan fingerprint density at radius 2 is 2.05 bits per heavy atom. The number of hydrogen-bond acceptors (Lipinski definition) is 2. The van der Waals surface area contributed by atoms with Crippen LogP contribution >= 0.6 is 0 Å². The van der Waals surface area contributed by atoms with Crippen LogP contribution in [0, 0.1) is 0 Å². The largest absolute Gasteiger partial charge is 0.315 e. The molecule has 1 N–H and O–H groups in total. The number of nitrogens with zero attached hydrogens (tertiary/aromatic N) is 1. The first kappa shape index (κ1) is 15.1. The lowest BCUT2D eigenvalue weighted by atomic mass is 9.94. The molecular formula is C19H30N2. The summed E-state index contributed by atoms with van der Waals surface area (Å²) in [6.45, 7) is 5.95. The highest BCUT2D eigenvalue weighted by Crippen LogP contribution is 2.35. The Balaban J connectivity index is 1.87. The molecule has 1 aliphatic heterocycles. The normalized spacial score (nSPS) is 26.4. The number of rotatable bonds is 4. The maximum Gasteiger partial charge on any atom is 0.0354 e. The molecular weight excluding hydrogens is 256 g/mol. The van der Waals surface area contributed by atoms with Gasteiger partial charge in [0.25, 0.3) is 0 Å². The molecule has 1 heterocycles. The van der Waals surface area contributed by atoms with Gasteiger partial charge in [-0.2, -0.15) is 0 Å². The zero-order valence-corrected chi connectivity index (χ0v) is 13.5. The molecule has 2 nitrogen and oxygen atoms in total. The van der Waals surface area contributed by atoms with Crippen molar-refractivity contribution in [3.63, 3.8) is 0 Å². The van der Waals surface area contributed by atoms with E-state index in [0.717, 1.165) is 6.04 Å². The molecule has 0 saturated carbocycles. The highest BCUT2D eigenvalue weighted by Gasteiger charge is 2.29. The van der Waals surface area contributed by atoms with Gasteiger partial charge in [-0.05, 0) is 62.7 Å². The van der Waals surface area contributed by atoms with E-state index in [2.05, 4.69) is 41.4 Å². The van der Waals surface area contributed by atoms with Crippen molar-refractivity contribution in [2.75, 3.05) is 19.6 Å². The Bertz CT molecular complexity index is 437. The fourth-order valence-electron chi connectivity index (χ4n) is 4.21. The van der Waals surface area contributed by atoms with E-state index in [1.54, 1.807) is 11.1 Å². The first-order valence-corrected chi connectivity index (χ1v) is 8.94. The smallest absolute Gasteiger partial charge is 0.0354 e. The first-order chi connectivity index (χ1) is 10.4. The van der Waals surface area contributed by atoms with Crippen LogP contribution in [-0.2, 0) is 6.42 Å². The van der Waals surface area contributed by atoms with Crippen LogP contribution in [-0.4, -0.2) is 30.6 Å². The maximum absolute atomic E-state index is 3.61. The van der Waals surface area contributed by atoms with Crippen LogP contribution in [0.5, 0.6) is 0 Å². The van der Waals surface area contributed by atoms with Gasteiger partial charge >= 0.3 is 0 Å². The van der Waals surface area contributed by atoms with Crippen molar-refractivity contribution in [1.82, 2.24) is 10.2 Å². The molecule has 2 heteroatoms. The standard InChI is InChI=1S/C19H30N2/c1-2-14-21(17-10-7-13-20-15-17)19-12-6-4-9-16-8-3-5-11-18(16)19/h3,5,8,11,17,19-20H,2,4,6-7,9-10,12-15H2,1H3. The predicted octanol–water partition coefficient (Wildman–Crippen LogP) is 3.92. The molecule has 0 radical (unpaired) electrons. The third kappa shape index (κ3) is 3.49. The minimum Gasteiger partial charge on any atom is -0.315 e. The van der Waals surface area contributed by atoms with Crippen LogP contribution < -0.4 is 5.32 Å². The van der Waals surface area contributed by atoms with E-state index < -0.39 is 0 Å². The van der Waals surface area contributed by atoms with E-state index in [4.69, 9.17) is 0 Å². The van der Waals surface area contributed by atoms with Gasteiger partial charge in [-0.1, -0.05) is 37.6 Å². The molecule has 1 aromatic rings. The zero-order valence-electron chi connectivity index (χ0n) is 13.5. The van der Waals surface area contributed by atoms with E-state index in [9.17, 15) is 0 Å². The lowest BCUT2D eigenvalue weighted by Gasteiger charge is -2.40. The summed E-state index contributed by atoms with van der Waals surface area (Å²) in [4.78, 5) is 2.83. The maximum atomic E-state index is 3.61. The molecule has 3 rings (SSSR count). The molecule has 2 atom stereocenters. The summed E-state index contributed by atoms with van der Waals surface area (Å²) in [6, 6.07) is 10.6. The Kier molecular flexibility index (Phi) is 5.32. The summed E-state index contributed by atoms with van der Waals surface area (Å²) in [5.41, 5.74) is 3.22. The van der Waals surface area contributed by atoms with Gasteiger partial charge in [0.2, 0.25) is 0 Å². The van der Waals surface area contributed by atoms with Gasteiger partial charge in [0.05, 0.1) is 0 Å². The van der Waals surface area contributed by atoms with E-state index in [1.165, 1.54) is 64.6 Å². The lowest BCUT2D eigenvalue weighted by molar-refractivity contribution is 0.105. The van der Waals surface area contributed by atoms with Gasteiger partial charge in [0, 0.05) is 18.6 Å². The fraction of sp³-hybridized carbons (Fsp3) is 0.684. The van der Waals surface area contributed by atoms with Gasteiger partial charge in [-0.25, -0.2) is 0 Å². The SMILES string of the molecule is CCCN(C1CCCNC1)C1CCCCc2ccccc21. The number of hydrogen-bond donors (Lipinski definition) is 1. The summed E-state index contributed by atoms with van der Waals surface area (Å²) in [5.74, 6) is 0. The molecule has 2 unspecified atom stereocenters. The molecule has 2 aliphatic rings. The highest BCUT2D eigenvalue weighted by atomic mass is 15.2. The third-order valence-electron chi connectivity index (χ3n) is 5.21. The lowest BCUT2D eigenvalue weighted by Crippen LogP contribution is -2.47. The quantitative estimate of drug-likeness (QED) is 0.844. The van der Waals surface area contributed by atoms with Crippen LogP contribution in [0.3, 0.4) is 0 Å². The molecule has 116 valence electrons. The Morgan fingerprint density at radius 1 is 1.14 bits per heavy atom.